The van der Waals surface area contributed by atoms with Gasteiger partial charge in [-0.2, -0.15) is 0 Å². The van der Waals surface area contributed by atoms with E-state index in [0.29, 0.717) is 16.9 Å². The van der Waals surface area contributed by atoms with Gasteiger partial charge in [-0.3, -0.25) is 4.79 Å². The van der Waals surface area contributed by atoms with E-state index in [1.165, 1.54) is 18.0 Å². The SMILES string of the molecule is CSc1cccc(NC(=O)CSc2nnc(-c3ccco3)o2)c1. The third kappa shape index (κ3) is 4.17. The molecule has 0 radical (unpaired) electrons. The molecule has 8 heteroatoms. The van der Waals surface area contributed by atoms with Crippen molar-refractivity contribution in [2.24, 2.45) is 0 Å². The minimum absolute atomic E-state index is 0.133. The number of hydrogen-bond donors (Lipinski definition) is 1. The Morgan fingerprint density at radius 3 is 2.96 bits per heavy atom. The van der Waals surface area contributed by atoms with Crippen LogP contribution in [0.25, 0.3) is 11.7 Å². The summed E-state index contributed by atoms with van der Waals surface area (Å²) in [5, 5.41) is 10.9. The second-order valence-corrected chi connectivity index (χ2v) is 6.23. The molecule has 2 heterocycles. The minimum Gasteiger partial charge on any atom is -0.459 e. The van der Waals surface area contributed by atoms with Crippen LogP contribution in [0.15, 0.2) is 61.6 Å². The Bertz CT molecular complexity index is 787. The number of amides is 1. The Morgan fingerprint density at radius 2 is 2.17 bits per heavy atom. The van der Waals surface area contributed by atoms with Gasteiger partial charge in [0.1, 0.15) is 0 Å². The second kappa shape index (κ2) is 7.38. The van der Waals surface area contributed by atoms with Crippen LogP contribution in [0, 0.1) is 0 Å². The maximum absolute atomic E-state index is 12.0. The summed E-state index contributed by atoms with van der Waals surface area (Å²) < 4.78 is 10.6. The number of carbonyl (C=O) groups is 1. The highest BCUT2D eigenvalue weighted by Crippen LogP contribution is 2.24. The van der Waals surface area contributed by atoms with Gasteiger partial charge >= 0.3 is 0 Å². The number of nitrogens with one attached hydrogen (secondary N) is 1. The monoisotopic (exact) mass is 347 g/mol. The molecule has 1 aromatic carbocycles. The first-order valence-corrected chi connectivity index (χ1v) is 8.90. The third-order valence-corrected chi connectivity index (χ3v) is 4.36. The molecule has 0 atom stereocenters. The number of furan rings is 1. The number of benzene rings is 1. The molecule has 3 rings (SSSR count). The van der Waals surface area contributed by atoms with E-state index in [2.05, 4.69) is 15.5 Å². The molecule has 23 heavy (non-hydrogen) atoms. The summed E-state index contributed by atoms with van der Waals surface area (Å²) in [6, 6.07) is 11.1. The van der Waals surface area contributed by atoms with Crippen molar-refractivity contribution in [3.63, 3.8) is 0 Å². The highest BCUT2D eigenvalue weighted by Gasteiger charge is 2.13. The van der Waals surface area contributed by atoms with Gasteiger partial charge in [0, 0.05) is 10.6 Å². The van der Waals surface area contributed by atoms with Crippen LogP contribution in [0.4, 0.5) is 5.69 Å². The van der Waals surface area contributed by atoms with Crippen LogP contribution in [0.2, 0.25) is 0 Å². The summed E-state index contributed by atoms with van der Waals surface area (Å²) in [7, 11) is 0. The number of carbonyl (C=O) groups excluding carboxylic acids is 1. The van der Waals surface area contributed by atoms with Gasteiger partial charge in [-0.25, -0.2) is 0 Å². The highest BCUT2D eigenvalue weighted by molar-refractivity contribution is 7.99. The van der Waals surface area contributed by atoms with E-state index in [1.807, 2.05) is 30.5 Å². The molecular weight excluding hydrogens is 334 g/mol. The molecule has 0 unspecified atom stereocenters. The number of rotatable bonds is 6. The van der Waals surface area contributed by atoms with Crippen molar-refractivity contribution in [2.45, 2.75) is 10.1 Å². The van der Waals surface area contributed by atoms with Crippen molar-refractivity contribution >= 4 is 35.1 Å². The van der Waals surface area contributed by atoms with Crippen molar-refractivity contribution in [1.29, 1.82) is 0 Å². The fraction of sp³-hybridized carbons (Fsp3) is 0.133. The summed E-state index contributed by atoms with van der Waals surface area (Å²) in [4.78, 5) is 13.1. The summed E-state index contributed by atoms with van der Waals surface area (Å²) >= 11 is 2.80. The van der Waals surface area contributed by atoms with Gasteiger partial charge in [0.25, 0.3) is 11.1 Å². The van der Waals surface area contributed by atoms with Gasteiger partial charge in [-0.15, -0.1) is 22.0 Å². The largest absolute Gasteiger partial charge is 0.459 e. The second-order valence-electron chi connectivity index (χ2n) is 4.42. The molecule has 0 aliphatic carbocycles. The lowest BCUT2D eigenvalue weighted by molar-refractivity contribution is -0.113. The zero-order chi connectivity index (χ0) is 16.1. The number of aromatic nitrogens is 2. The van der Waals surface area contributed by atoms with E-state index < -0.39 is 0 Å². The molecule has 3 aromatic rings. The fourth-order valence-electron chi connectivity index (χ4n) is 1.79. The van der Waals surface area contributed by atoms with Crippen LogP contribution in [-0.2, 0) is 4.79 Å². The third-order valence-electron chi connectivity index (χ3n) is 2.82. The van der Waals surface area contributed by atoms with Gasteiger partial charge in [-0.05, 0) is 36.6 Å². The van der Waals surface area contributed by atoms with Gasteiger partial charge in [0.15, 0.2) is 5.76 Å². The van der Waals surface area contributed by atoms with Gasteiger partial charge < -0.3 is 14.2 Å². The molecule has 0 fully saturated rings. The molecule has 0 spiro atoms. The van der Waals surface area contributed by atoms with Crippen LogP contribution in [-0.4, -0.2) is 28.1 Å². The molecule has 1 N–H and O–H groups in total. The van der Waals surface area contributed by atoms with Crippen LogP contribution in [0.5, 0.6) is 0 Å². The average molecular weight is 347 g/mol. The Hall–Kier alpha value is -2.19. The zero-order valence-electron chi connectivity index (χ0n) is 12.2. The van der Waals surface area contributed by atoms with Crippen molar-refractivity contribution < 1.29 is 13.6 Å². The number of thioether (sulfide) groups is 2. The lowest BCUT2D eigenvalue weighted by Gasteiger charge is -2.05. The average Bonchev–Trinajstić information content (AvgIpc) is 3.24. The number of nitrogens with zero attached hydrogens (tertiary/aromatic N) is 2. The minimum atomic E-state index is -0.133. The van der Waals surface area contributed by atoms with Crippen LogP contribution in [0.1, 0.15) is 0 Å². The normalized spacial score (nSPS) is 10.7. The van der Waals surface area contributed by atoms with E-state index in [9.17, 15) is 4.79 Å². The van der Waals surface area contributed by atoms with Crippen LogP contribution < -0.4 is 5.32 Å². The highest BCUT2D eigenvalue weighted by atomic mass is 32.2. The Balaban J connectivity index is 1.54. The van der Waals surface area contributed by atoms with E-state index in [4.69, 9.17) is 8.83 Å². The van der Waals surface area contributed by atoms with Gasteiger partial charge in [0.05, 0.1) is 12.0 Å². The standard InChI is InChI=1S/C15H13N3O3S2/c1-22-11-5-2-4-10(8-11)16-13(19)9-23-15-18-17-14(21-15)12-6-3-7-20-12/h2-8H,9H2,1H3,(H,16,19). The fourth-order valence-corrected chi connectivity index (χ4v) is 2.82. The molecule has 118 valence electrons. The van der Waals surface area contributed by atoms with E-state index in [-0.39, 0.29) is 11.7 Å². The topological polar surface area (TPSA) is 81.2 Å². The van der Waals surface area contributed by atoms with Crippen molar-refractivity contribution in [3.05, 3.63) is 42.7 Å². The molecule has 2 aromatic heterocycles. The van der Waals surface area contributed by atoms with E-state index in [0.717, 1.165) is 10.6 Å². The van der Waals surface area contributed by atoms with E-state index >= 15 is 0 Å². The predicted octanol–water partition coefficient (Wildman–Crippen LogP) is 3.78. The predicted molar refractivity (Wildman–Crippen MR) is 89.6 cm³/mol. The lowest BCUT2D eigenvalue weighted by atomic mass is 10.3. The maximum Gasteiger partial charge on any atom is 0.284 e. The molecule has 0 saturated carbocycles. The smallest absolute Gasteiger partial charge is 0.284 e. The molecule has 0 saturated heterocycles. The molecular formula is C15H13N3O3S2. The summed E-state index contributed by atoms with van der Waals surface area (Å²) in [5.74, 6) is 0.850. The number of hydrogen-bond acceptors (Lipinski definition) is 7. The molecule has 1 amide bonds. The van der Waals surface area contributed by atoms with Gasteiger partial charge in [-0.1, -0.05) is 17.8 Å². The van der Waals surface area contributed by atoms with Crippen LogP contribution in [0.3, 0.4) is 0 Å². The Morgan fingerprint density at radius 1 is 1.26 bits per heavy atom. The van der Waals surface area contributed by atoms with Gasteiger partial charge in [0.2, 0.25) is 5.91 Å². The van der Waals surface area contributed by atoms with E-state index in [1.54, 1.807) is 23.9 Å². The molecule has 6 nitrogen and oxygen atoms in total. The van der Waals surface area contributed by atoms with Crippen molar-refractivity contribution in [1.82, 2.24) is 10.2 Å². The number of anilines is 1. The summed E-state index contributed by atoms with van der Waals surface area (Å²) in [5.41, 5.74) is 0.768. The Kier molecular flexibility index (Phi) is 5.04. The maximum atomic E-state index is 12.0. The molecule has 0 bridgehead atoms. The van der Waals surface area contributed by atoms with Crippen molar-refractivity contribution in [2.75, 3.05) is 17.3 Å². The lowest BCUT2D eigenvalue weighted by Crippen LogP contribution is -2.13. The Labute approximate surface area is 141 Å². The first-order valence-electron chi connectivity index (χ1n) is 6.68. The summed E-state index contributed by atoms with van der Waals surface area (Å²) in [6.07, 6.45) is 3.52. The van der Waals surface area contributed by atoms with Crippen LogP contribution >= 0.6 is 23.5 Å². The first kappa shape index (κ1) is 15.7. The molecule has 0 aliphatic rings. The quantitative estimate of drug-likeness (QED) is 0.679. The summed E-state index contributed by atoms with van der Waals surface area (Å²) in [6.45, 7) is 0. The van der Waals surface area contributed by atoms with Crippen molar-refractivity contribution in [3.8, 4) is 11.7 Å². The zero-order valence-corrected chi connectivity index (χ0v) is 13.8. The first-order chi connectivity index (χ1) is 11.2. The molecule has 0 aliphatic heterocycles.